The van der Waals surface area contributed by atoms with Gasteiger partial charge >= 0.3 is 0 Å². The van der Waals surface area contributed by atoms with Crippen LogP contribution in [0.3, 0.4) is 0 Å². The number of rotatable bonds is 5. The monoisotopic (exact) mass is 227 g/mol. The van der Waals surface area contributed by atoms with Gasteiger partial charge in [0.05, 0.1) is 6.10 Å². The average molecular weight is 227 g/mol. The Bertz CT molecular complexity index is 203. The summed E-state index contributed by atoms with van der Waals surface area (Å²) < 4.78 is 0. The van der Waals surface area contributed by atoms with Crippen LogP contribution in [0.5, 0.6) is 0 Å². The first-order valence-electron chi connectivity index (χ1n) is 6.89. The van der Waals surface area contributed by atoms with Gasteiger partial charge in [-0.05, 0) is 50.1 Å². The maximum atomic E-state index is 10.1. The van der Waals surface area contributed by atoms with Crippen LogP contribution in [0.25, 0.3) is 0 Å². The van der Waals surface area contributed by atoms with E-state index in [0.717, 1.165) is 19.5 Å². The molecule has 1 fully saturated rings. The van der Waals surface area contributed by atoms with Gasteiger partial charge in [-0.25, -0.2) is 0 Å². The molecule has 0 spiro atoms. The average Bonchev–Trinajstić information content (AvgIpc) is 2.22. The van der Waals surface area contributed by atoms with Crippen molar-refractivity contribution in [2.45, 2.75) is 59.5 Å². The Labute approximate surface area is 101 Å². The molecule has 0 aromatic carbocycles. The van der Waals surface area contributed by atoms with Gasteiger partial charge in [-0.15, -0.1) is 0 Å². The summed E-state index contributed by atoms with van der Waals surface area (Å²) in [5.41, 5.74) is 0.426. The van der Waals surface area contributed by atoms with Gasteiger partial charge in [0.25, 0.3) is 0 Å². The van der Waals surface area contributed by atoms with E-state index >= 15 is 0 Å². The Morgan fingerprint density at radius 2 is 2.00 bits per heavy atom. The molecule has 1 aliphatic rings. The quantitative estimate of drug-likeness (QED) is 0.780. The van der Waals surface area contributed by atoms with Crippen LogP contribution in [-0.4, -0.2) is 35.7 Å². The van der Waals surface area contributed by atoms with Gasteiger partial charge < -0.3 is 10.0 Å². The maximum Gasteiger partial charge on any atom is 0.0581 e. The first kappa shape index (κ1) is 14.0. The molecule has 96 valence electrons. The van der Waals surface area contributed by atoms with Crippen molar-refractivity contribution in [3.05, 3.63) is 0 Å². The Hall–Kier alpha value is -0.0800. The molecule has 0 aromatic heterocycles. The molecular weight excluding hydrogens is 198 g/mol. The van der Waals surface area contributed by atoms with Crippen LogP contribution in [-0.2, 0) is 0 Å². The Balaban J connectivity index is 2.49. The summed E-state index contributed by atoms with van der Waals surface area (Å²) in [5, 5.41) is 10.1. The largest absolute Gasteiger partial charge is 0.393 e. The minimum atomic E-state index is -0.0704. The van der Waals surface area contributed by atoms with E-state index in [-0.39, 0.29) is 6.10 Å². The fourth-order valence-corrected chi connectivity index (χ4v) is 2.93. The smallest absolute Gasteiger partial charge is 0.0581 e. The molecule has 0 amide bonds. The van der Waals surface area contributed by atoms with Crippen molar-refractivity contribution in [2.75, 3.05) is 19.6 Å². The number of nitrogens with zero attached hydrogens (tertiary/aromatic N) is 1. The molecule has 0 aliphatic heterocycles. The van der Waals surface area contributed by atoms with Gasteiger partial charge in [0.1, 0.15) is 0 Å². The minimum Gasteiger partial charge on any atom is -0.393 e. The standard InChI is InChI=1S/C14H29NO/c1-5-9-15(6-2)11-12-10-14(3,4)8-7-13(12)16/h12-13,16H,5-11H2,1-4H3. The summed E-state index contributed by atoms with van der Waals surface area (Å²) in [4.78, 5) is 2.48. The van der Waals surface area contributed by atoms with Crippen molar-refractivity contribution in [3.63, 3.8) is 0 Å². The molecule has 0 radical (unpaired) electrons. The molecular formula is C14H29NO. The molecule has 1 rings (SSSR count). The highest BCUT2D eigenvalue weighted by Crippen LogP contribution is 2.38. The van der Waals surface area contributed by atoms with Crippen LogP contribution in [0, 0.1) is 11.3 Å². The van der Waals surface area contributed by atoms with Crippen molar-refractivity contribution < 1.29 is 5.11 Å². The second-order valence-corrected chi connectivity index (χ2v) is 6.13. The van der Waals surface area contributed by atoms with E-state index in [4.69, 9.17) is 0 Å². The van der Waals surface area contributed by atoms with Gasteiger partial charge in [0.2, 0.25) is 0 Å². The Kier molecular flexibility index (Phi) is 5.26. The van der Waals surface area contributed by atoms with E-state index < -0.39 is 0 Å². The molecule has 1 aliphatic carbocycles. The third-order valence-corrected chi connectivity index (χ3v) is 3.96. The molecule has 2 unspecified atom stereocenters. The summed E-state index contributed by atoms with van der Waals surface area (Å²) in [6.45, 7) is 12.5. The summed E-state index contributed by atoms with van der Waals surface area (Å²) in [6.07, 6.45) is 4.47. The molecule has 1 N–H and O–H groups in total. The van der Waals surface area contributed by atoms with Gasteiger partial charge in [0, 0.05) is 6.54 Å². The van der Waals surface area contributed by atoms with Gasteiger partial charge in [0.15, 0.2) is 0 Å². The molecule has 2 nitrogen and oxygen atoms in total. The Morgan fingerprint density at radius 1 is 1.31 bits per heavy atom. The van der Waals surface area contributed by atoms with E-state index in [1.807, 2.05) is 0 Å². The van der Waals surface area contributed by atoms with E-state index in [1.54, 1.807) is 0 Å². The lowest BCUT2D eigenvalue weighted by Crippen LogP contribution is -2.41. The van der Waals surface area contributed by atoms with Crippen molar-refractivity contribution in [1.29, 1.82) is 0 Å². The zero-order valence-electron chi connectivity index (χ0n) is 11.5. The first-order chi connectivity index (χ1) is 7.48. The van der Waals surface area contributed by atoms with Crippen LogP contribution < -0.4 is 0 Å². The summed E-state index contributed by atoms with van der Waals surface area (Å²) in [7, 11) is 0. The fourth-order valence-electron chi connectivity index (χ4n) is 2.93. The molecule has 1 saturated carbocycles. The van der Waals surface area contributed by atoms with E-state index in [1.165, 1.54) is 25.8 Å². The minimum absolute atomic E-state index is 0.0704. The van der Waals surface area contributed by atoms with Crippen LogP contribution in [0.15, 0.2) is 0 Å². The van der Waals surface area contributed by atoms with Crippen LogP contribution in [0.1, 0.15) is 53.4 Å². The zero-order valence-corrected chi connectivity index (χ0v) is 11.5. The van der Waals surface area contributed by atoms with E-state index in [2.05, 4.69) is 32.6 Å². The molecule has 16 heavy (non-hydrogen) atoms. The van der Waals surface area contributed by atoms with E-state index in [9.17, 15) is 5.11 Å². The van der Waals surface area contributed by atoms with E-state index in [0.29, 0.717) is 11.3 Å². The number of aliphatic hydroxyl groups excluding tert-OH is 1. The van der Waals surface area contributed by atoms with Gasteiger partial charge in [-0.2, -0.15) is 0 Å². The predicted molar refractivity (Wildman–Crippen MR) is 69.5 cm³/mol. The van der Waals surface area contributed by atoms with Crippen molar-refractivity contribution in [1.82, 2.24) is 4.90 Å². The molecule has 0 heterocycles. The number of aliphatic hydroxyl groups is 1. The molecule has 0 aromatic rings. The summed E-state index contributed by atoms with van der Waals surface area (Å²) >= 11 is 0. The molecule has 2 atom stereocenters. The third-order valence-electron chi connectivity index (χ3n) is 3.96. The number of hydrogen-bond acceptors (Lipinski definition) is 2. The van der Waals surface area contributed by atoms with Gasteiger partial charge in [-0.1, -0.05) is 27.7 Å². The zero-order chi connectivity index (χ0) is 12.2. The fraction of sp³-hybridized carbons (Fsp3) is 1.00. The SMILES string of the molecule is CCCN(CC)CC1CC(C)(C)CCC1O. The lowest BCUT2D eigenvalue weighted by Gasteiger charge is -2.40. The predicted octanol–water partition coefficient (Wildman–Crippen LogP) is 2.91. The molecule has 0 bridgehead atoms. The highest BCUT2D eigenvalue weighted by atomic mass is 16.3. The van der Waals surface area contributed by atoms with Crippen molar-refractivity contribution in [3.8, 4) is 0 Å². The second kappa shape index (κ2) is 6.02. The summed E-state index contributed by atoms with van der Waals surface area (Å²) in [6, 6.07) is 0. The second-order valence-electron chi connectivity index (χ2n) is 6.13. The molecule has 0 saturated heterocycles. The maximum absolute atomic E-state index is 10.1. The van der Waals surface area contributed by atoms with Gasteiger partial charge in [-0.3, -0.25) is 0 Å². The lowest BCUT2D eigenvalue weighted by molar-refractivity contribution is 0.00492. The third kappa shape index (κ3) is 4.06. The summed E-state index contributed by atoms with van der Waals surface area (Å²) in [5.74, 6) is 0.482. The lowest BCUT2D eigenvalue weighted by atomic mass is 9.70. The molecule has 2 heteroatoms. The topological polar surface area (TPSA) is 23.5 Å². The van der Waals surface area contributed by atoms with Crippen molar-refractivity contribution in [2.24, 2.45) is 11.3 Å². The normalized spacial score (nSPS) is 29.6. The van der Waals surface area contributed by atoms with Crippen molar-refractivity contribution >= 4 is 0 Å². The van der Waals surface area contributed by atoms with Crippen LogP contribution in [0.4, 0.5) is 0 Å². The highest BCUT2D eigenvalue weighted by molar-refractivity contribution is 4.86. The Morgan fingerprint density at radius 3 is 2.56 bits per heavy atom. The first-order valence-corrected chi connectivity index (χ1v) is 6.89. The highest BCUT2D eigenvalue weighted by Gasteiger charge is 2.34. The van der Waals surface area contributed by atoms with Crippen LogP contribution >= 0.6 is 0 Å². The number of hydrogen-bond donors (Lipinski definition) is 1. The van der Waals surface area contributed by atoms with Crippen LogP contribution in [0.2, 0.25) is 0 Å².